The highest BCUT2D eigenvalue weighted by molar-refractivity contribution is 5.71. The number of carboxylic acids is 1. The summed E-state index contributed by atoms with van der Waals surface area (Å²) in [6, 6.07) is 0. The maximum Gasteiger partial charge on any atom is 0.310 e. The molecule has 11 heavy (non-hydrogen) atoms. The summed E-state index contributed by atoms with van der Waals surface area (Å²) in [5.74, 6) is -1.15. The van der Waals surface area contributed by atoms with Gasteiger partial charge in [0.1, 0.15) is 0 Å². The van der Waals surface area contributed by atoms with E-state index in [0.29, 0.717) is 0 Å². The van der Waals surface area contributed by atoms with E-state index in [1.165, 1.54) is 0 Å². The van der Waals surface area contributed by atoms with Crippen molar-refractivity contribution < 1.29 is 9.90 Å². The first-order chi connectivity index (χ1) is 5.18. The second-order valence-electron chi connectivity index (χ2n) is 2.36. The van der Waals surface area contributed by atoms with Gasteiger partial charge in [0.15, 0.2) is 0 Å². The van der Waals surface area contributed by atoms with Crippen LogP contribution in [0, 0.1) is 5.92 Å². The molecule has 0 heterocycles. The summed E-state index contributed by atoms with van der Waals surface area (Å²) >= 11 is 0. The fraction of sp³-hybridized carbons (Fsp3) is 0.444. The van der Waals surface area contributed by atoms with Gasteiger partial charge in [0, 0.05) is 0 Å². The molecule has 0 rings (SSSR count). The van der Waals surface area contributed by atoms with Gasteiger partial charge >= 0.3 is 5.97 Å². The van der Waals surface area contributed by atoms with E-state index in [1.54, 1.807) is 13.0 Å². The van der Waals surface area contributed by atoms with Gasteiger partial charge < -0.3 is 5.11 Å². The molecule has 0 aromatic rings. The van der Waals surface area contributed by atoms with Crippen molar-refractivity contribution in [1.29, 1.82) is 0 Å². The highest BCUT2D eigenvalue weighted by atomic mass is 16.4. The molecule has 0 aromatic heterocycles. The molecule has 0 radical (unpaired) electrons. The van der Waals surface area contributed by atoms with E-state index in [-0.39, 0.29) is 5.92 Å². The molecular formula is C9H14O2. The zero-order chi connectivity index (χ0) is 8.69. The second-order valence-corrected chi connectivity index (χ2v) is 2.36. The Balaban J connectivity index is 3.65. The SMILES string of the molecule is CC=CCC=CC(C)C(=O)O. The van der Waals surface area contributed by atoms with Crippen LogP contribution in [-0.4, -0.2) is 11.1 Å². The number of allylic oxidation sites excluding steroid dienone is 3. The van der Waals surface area contributed by atoms with Gasteiger partial charge in [-0.05, 0) is 20.3 Å². The van der Waals surface area contributed by atoms with Gasteiger partial charge in [-0.1, -0.05) is 24.3 Å². The van der Waals surface area contributed by atoms with Crippen molar-refractivity contribution in [1.82, 2.24) is 0 Å². The fourth-order valence-corrected chi connectivity index (χ4v) is 0.580. The Morgan fingerprint density at radius 1 is 1.55 bits per heavy atom. The van der Waals surface area contributed by atoms with Crippen molar-refractivity contribution in [3.05, 3.63) is 24.3 Å². The number of hydrogen-bond acceptors (Lipinski definition) is 1. The molecule has 0 amide bonds. The van der Waals surface area contributed by atoms with Gasteiger partial charge in [0.2, 0.25) is 0 Å². The first kappa shape index (κ1) is 9.95. The van der Waals surface area contributed by atoms with Crippen LogP contribution in [0.5, 0.6) is 0 Å². The lowest BCUT2D eigenvalue weighted by Crippen LogP contribution is -2.05. The molecule has 2 heteroatoms. The molecule has 62 valence electrons. The Labute approximate surface area is 67.2 Å². The fourth-order valence-electron chi connectivity index (χ4n) is 0.580. The molecule has 0 saturated carbocycles. The van der Waals surface area contributed by atoms with Crippen molar-refractivity contribution in [2.45, 2.75) is 20.3 Å². The third kappa shape index (κ3) is 5.40. The highest BCUT2D eigenvalue weighted by Gasteiger charge is 2.03. The molecule has 0 spiro atoms. The molecule has 1 N–H and O–H groups in total. The Bertz CT molecular complexity index is 168. The first-order valence-corrected chi connectivity index (χ1v) is 3.69. The summed E-state index contributed by atoms with van der Waals surface area (Å²) in [4.78, 5) is 10.3. The Kier molecular flexibility index (Phi) is 5.17. The molecule has 2 nitrogen and oxygen atoms in total. The van der Waals surface area contributed by atoms with Crippen LogP contribution >= 0.6 is 0 Å². The summed E-state index contributed by atoms with van der Waals surface area (Å²) < 4.78 is 0. The average molecular weight is 154 g/mol. The van der Waals surface area contributed by atoms with E-state index >= 15 is 0 Å². The van der Waals surface area contributed by atoms with Crippen molar-refractivity contribution >= 4 is 5.97 Å². The second kappa shape index (κ2) is 5.71. The molecule has 0 bridgehead atoms. The minimum Gasteiger partial charge on any atom is -0.481 e. The number of rotatable bonds is 4. The van der Waals surface area contributed by atoms with Crippen LogP contribution in [0.15, 0.2) is 24.3 Å². The quantitative estimate of drug-likeness (QED) is 0.630. The van der Waals surface area contributed by atoms with Crippen LogP contribution in [0.1, 0.15) is 20.3 Å². The molecule has 1 atom stereocenters. The van der Waals surface area contributed by atoms with Crippen LogP contribution in [0.3, 0.4) is 0 Å². The van der Waals surface area contributed by atoms with Gasteiger partial charge in [-0.2, -0.15) is 0 Å². The molecule has 0 aliphatic carbocycles. The van der Waals surface area contributed by atoms with E-state index in [9.17, 15) is 4.79 Å². The lowest BCUT2D eigenvalue weighted by Gasteiger charge is -1.95. The average Bonchev–Trinajstić information content (AvgIpc) is 1.97. The zero-order valence-electron chi connectivity index (χ0n) is 6.95. The predicted molar refractivity (Wildman–Crippen MR) is 45.4 cm³/mol. The van der Waals surface area contributed by atoms with Crippen molar-refractivity contribution in [2.75, 3.05) is 0 Å². The van der Waals surface area contributed by atoms with E-state index in [1.807, 2.05) is 25.2 Å². The standard InChI is InChI=1S/C9H14O2/c1-3-4-5-6-7-8(2)9(10)11/h3-4,6-8H,5H2,1-2H3,(H,10,11). The van der Waals surface area contributed by atoms with Crippen molar-refractivity contribution in [3.8, 4) is 0 Å². The third-order valence-electron chi connectivity index (χ3n) is 1.32. The van der Waals surface area contributed by atoms with Crippen LogP contribution in [0.4, 0.5) is 0 Å². The van der Waals surface area contributed by atoms with Gasteiger partial charge in [-0.25, -0.2) is 0 Å². The van der Waals surface area contributed by atoms with Gasteiger partial charge in [0.25, 0.3) is 0 Å². The smallest absolute Gasteiger partial charge is 0.310 e. The number of carboxylic acid groups (broad SMARTS) is 1. The number of hydrogen-bond donors (Lipinski definition) is 1. The molecule has 0 fully saturated rings. The monoisotopic (exact) mass is 154 g/mol. The summed E-state index contributed by atoms with van der Waals surface area (Å²) in [5.41, 5.74) is 0. The van der Waals surface area contributed by atoms with Crippen molar-refractivity contribution in [3.63, 3.8) is 0 Å². The van der Waals surface area contributed by atoms with Gasteiger partial charge in [0.05, 0.1) is 5.92 Å². The van der Waals surface area contributed by atoms with E-state index < -0.39 is 5.97 Å². The largest absolute Gasteiger partial charge is 0.481 e. The van der Waals surface area contributed by atoms with Crippen LogP contribution < -0.4 is 0 Å². The van der Waals surface area contributed by atoms with E-state index in [4.69, 9.17) is 5.11 Å². The lowest BCUT2D eigenvalue weighted by molar-refractivity contribution is -0.139. The highest BCUT2D eigenvalue weighted by Crippen LogP contribution is 1.98. The molecule has 0 aromatic carbocycles. The van der Waals surface area contributed by atoms with Crippen LogP contribution in [0.2, 0.25) is 0 Å². The van der Waals surface area contributed by atoms with Crippen LogP contribution in [-0.2, 0) is 4.79 Å². The molecule has 1 unspecified atom stereocenters. The van der Waals surface area contributed by atoms with Crippen molar-refractivity contribution in [2.24, 2.45) is 5.92 Å². The van der Waals surface area contributed by atoms with E-state index in [2.05, 4.69) is 0 Å². The summed E-state index contributed by atoms with van der Waals surface area (Å²) in [7, 11) is 0. The molecule has 0 aliphatic heterocycles. The maximum absolute atomic E-state index is 10.3. The number of carbonyl (C=O) groups is 1. The Morgan fingerprint density at radius 2 is 2.18 bits per heavy atom. The summed E-state index contributed by atoms with van der Waals surface area (Å²) in [6.07, 6.45) is 8.29. The third-order valence-corrected chi connectivity index (χ3v) is 1.32. The summed E-state index contributed by atoms with van der Waals surface area (Å²) in [5, 5.41) is 8.47. The maximum atomic E-state index is 10.3. The topological polar surface area (TPSA) is 37.3 Å². The Morgan fingerprint density at radius 3 is 2.64 bits per heavy atom. The zero-order valence-corrected chi connectivity index (χ0v) is 6.95. The normalized spacial score (nSPS) is 14.4. The van der Waals surface area contributed by atoms with Crippen LogP contribution in [0.25, 0.3) is 0 Å². The van der Waals surface area contributed by atoms with Gasteiger partial charge in [-0.3, -0.25) is 4.79 Å². The predicted octanol–water partition coefficient (Wildman–Crippen LogP) is 2.23. The molecule has 0 saturated heterocycles. The van der Waals surface area contributed by atoms with E-state index in [0.717, 1.165) is 6.42 Å². The minimum atomic E-state index is -0.776. The Hall–Kier alpha value is -1.05. The summed E-state index contributed by atoms with van der Waals surface area (Å²) in [6.45, 7) is 3.60. The molecular weight excluding hydrogens is 140 g/mol. The lowest BCUT2D eigenvalue weighted by atomic mass is 10.1. The van der Waals surface area contributed by atoms with Gasteiger partial charge in [-0.15, -0.1) is 0 Å². The number of aliphatic carboxylic acids is 1. The first-order valence-electron chi connectivity index (χ1n) is 3.69. The minimum absolute atomic E-state index is 0.375. The molecule has 0 aliphatic rings.